The molecule has 1 aromatic carbocycles. The zero-order valence-electron chi connectivity index (χ0n) is 13.6. The molecule has 0 spiro atoms. The second-order valence-corrected chi connectivity index (χ2v) is 6.14. The molecule has 0 fully saturated rings. The average Bonchev–Trinajstić information content (AvgIpc) is 2.45. The fourth-order valence-corrected chi connectivity index (χ4v) is 2.15. The molecule has 0 heterocycles. The largest absolute Gasteiger partial charge is 0.393 e. The zero-order chi connectivity index (χ0) is 15.7. The first-order valence-corrected chi connectivity index (χ1v) is 7.99. The molecule has 2 N–H and O–H groups in total. The molecule has 0 aliphatic rings. The Bertz CT molecular complexity index is 412. The molecule has 21 heavy (non-hydrogen) atoms. The number of benzene rings is 1. The Morgan fingerprint density at radius 1 is 1.19 bits per heavy atom. The molecular weight excluding hydrogens is 262 g/mol. The van der Waals surface area contributed by atoms with Crippen molar-refractivity contribution >= 4 is 5.91 Å². The van der Waals surface area contributed by atoms with Crippen molar-refractivity contribution in [2.24, 2.45) is 5.92 Å². The van der Waals surface area contributed by atoms with Gasteiger partial charge in [-0.15, -0.1) is 0 Å². The van der Waals surface area contributed by atoms with Crippen LogP contribution in [0.1, 0.15) is 50.7 Å². The van der Waals surface area contributed by atoms with Crippen molar-refractivity contribution in [3.63, 3.8) is 0 Å². The third-order valence-corrected chi connectivity index (χ3v) is 3.77. The first kappa shape index (κ1) is 17.7. The maximum atomic E-state index is 11.7. The monoisotopic (exact) mass is 291 g/mol. The number of rotatable bonds is 9. The van der Waals surface area contributed by atoms with E-state index in [1.807, 2.05) is 13.8 Å². The van der Waals surface area contributed by atoms with Crippen molar-refractivity contribution in [3.8, 4) is 0 Å². The minimum Gasteiger partial charge on any atom is -0.393 e. The predicted octanol–water partition coefficient (Wildman–Crippen LogP) is 3.23. The number of hydrogen-bond acceptors (Lipinski definition) is 2. The maximum absolute atomic E-state index is 11.7. The second-order valence-electron chi connectivity index (χ2n) is 6.14. The van der Waals surface area contributed by atoms with Crippen LogP contribution >= 0.6 is 0 Å². The number of hydrogen-bond donors (Lipinski definition) is 2. The quantitative estimate of drug-likeness (QED) is 0.686. The minimum absolute atomic E-state index is 0.0925. The molecule has 1 rings (SSSR count). The first-order chi connectivity index (χ1) is 9.99. The van der Waals surface area contributed by atoms with E-state index in [2.05, 4.69) is 36.5 Å². The zero-order valence-corrected chi connectivity index (χ0v) is 13.6. The fraction of sp³-hybridized carbons (Fsp3) is 0.611. The number of amides is 1. The molecule has 0 saturated carbocycles. The molecule has 0 radical (unpaired) electrons. The molecule has 0 saturated heterocycles. The van der Waals surface area contributed by atoms with Crippen molar-refractivity contribution < 1.29 is 9.90 Å². The van der Waals surface area contributed by atoms with Gasteiger partial charge in [-0.1, -0.05) is 43.7 Å². The van der Waals surface area contributed by atoms with Crippen LogP contribution in [0.2, 0.25) is 0 Å². The molecule has 3 nitrogen and oxygen atoms in total. The number of carbonyl (C=O) groups excluding carboxylic acids is 1. The van der Waals surface area contributed by atoms with Gasteiger partial charge in [-0.05, 0) is 44.1 Å². The van der Waals surface area contributed by atoms with E-state index in [1.165, 1.54) is 11.1 Å². The minimum atomic E-state index is -0.327. The van der Waals surface area contributed by atoms with Crippen molar-refractivity contribution in [2.45, 2.75) is 59.0 Å². The molecule has 1 aromatic rings. The molecule has 1 atom stereocenters. The Kier molecular flexibility index (Phi) is 8.06. The van der Waals surface area contributed by atoms with E-state index in [1.54, 1.807) is 0 Å². The van der Waals surface area contributed by atoms with E-state index in [0.29, 0.717) is 19.4 Å². The molecule has 0 bridgehead atoms. The summed E-state index contributed by atoms with van der Waals surface area (Å²) in [5.74, 6) is 0.339. The summed E-state index contributed by atoms with van der Waals surface area (Å²) in [6.07, 6.45) is 3.85. The lowest BCUT2D eigenvalue weighted by Crippen LogP contribution is -2.28. The van der Waals surface area contributed by atoms with E-state index >= 15 is 0 Å². The topological polar surface area (TPSA) is 49.3 Å². The lowest BCUT2D eigenvalue weighted by atomic mass is 10.0. The predicted molar refractivity (Wildman–Crippen MR) is 87.2 cm³/mol. The summed E-state index contributed by atoms with van der Waals surface area (Å²) in [6, 6.07) is 8.57. The van der Waals surface area contributed by atoms with E-state index < -0.39 is 0 Å². The highest BCUT2D eigenvalue weighted by Gasteiger charge is 2.09. The second kappa shape index (κ2) is 9.56. The third-order valence-electron chi connectivity index (χ3n) is 3.77. The molecule has 118 valence electrons. The van der Waals surface area contributed by atoms with E-state index in [9.17, 15) is 9.90 Å². The van der Waals surface area contributed by atoms with Crippen LogP contribution in [0.25, 0.3) is 0 Å². The third kappa shape index (κ3) is 7.86. The number of nitrogens with one attached hydrogen (secondary N) is 1. The lowest BCUT2D eigenvalue weighted by molar-refractivity contribution is -0.121. The van der Waals surface area contributed by atoms with Gasteiger partial charge in [0.15, 0.2) is 0 Å². The summed E-state index contributed by atoms with van der Waals surface area (Å²) in [4.78, 5) is 11.7. The summed E-state index contributed by atoms with van der Waals surface area (Å²) < 4.78 is 0. The number of carbonyl (C=O) groups is 1. The first-order valence-electron chi connectivity index (χ1n) is 7.99. The Morgan fingerprint density at radius 3 is 2.48 bits per heavy atom. The van der Waals surface area contributed by atoms with Gasteiger partial charge in [0.1, 0.15) is 0 Å². The van der Waals surface area contributed by atoms with Gasteiger partial charge in [-0.25, -0.2) is 0 Å². The SMILES string of the molecule is Cc1ccc(CCCCC(=O)NCCC(O)C(C)C)cc1. The summed E-state index contributed by atoms with van der Waals surface area (Å²) >= 11 is 0. The molecule has 3 heteroatoms. The van der Waals surface area contributed by atoms with Crippen LogP contribution in [0.3, 0.4) is 0 Å². The number of aryl methyl sites for hydroxylation is 2. The number of unbranched alkanes of at least 4 members (excludes halogenated alkanes) is 1. The molecule has 1 unspecified atom stereocenters. The van der Waals surface area contributed by atoms with Crippen LogP contribution < -0.4 is 5.32 Å². The van der Waals surface area contributed by atoms with Crippen molar-refractivity contribution in [1.82, 2.24) is 5.32 Å². The Labute approximate surface area is 128 Å². The van der Waals surface area contributed by atoms with Crippen molar-refractivity contribution in [2.75, 3.05) is 6.54 Å². The van der Waals surface area contributed by atoms with Crippen molar-refractivity contribution in [1.29, 1.82) is 0 Å². The highest BCUT2D eigenvalue weighted by Crippen LogP contribution is 2.08. The summed E-state index contributed by atoms with van der Waals surface area (Å²) in [6.45, 7) is 6.62. The lowest BCUT2D eigenvalue weighted by Gasteiger charge is -2.14. The van der Waals surface area contributed by atoms with Gasteiger partial charge in [0, 0.05) is 13.0 Å². The summed E-state index contributed by atoms with van der Waals surface area (Å²) in [7, 11) is 0. The summed E-state index contributed by atoms with van der Waals surface area (Å²) in [5.41, 5.74) is 2.61. The Hall–Kier alpha value is -1.35. The van der Waals surface area contributed by atoms with Crippen LogP contribution in [0.5, 0.6) is 0 Å². The van der Waals surface area contributed by atoms with Gasteiger partial charge in [-0.3, -0.25) is 4.79 Å². The van der Waals surface area contributed by atoms with Crippen LogP contribution in [-0.4, -0.2) is 23.7 Å². The molecular formula is C18H29NO2. The van der Waals surface area contributed by atoms with Crippen molar-refractivity contribution in [3.05, 3.63) is 35.4 Å². The van der Waals surface area contributed by atoms with Gasteiger partial charge in [0.2, 0.25) is 5.91 Å². The highest BCUT2D eigenvalue weighted by atomic mass is 16.3. The van der Waals surface area contributed by atoms with Gasteiger partial charge in [0.05, 0.1) is 6.10 Å². The number of aliphatic hydroxyl groups is 1. The molecule has 1 amide bonds. The summed E-state index contributed by atoms with van der Waals surface area (Å²) in [5, 5.41) is 12.5. The van der Waals surface area contributed by atoms with Gasteiger partial charge >= 0.3 is 0 Å². The Morgan fingerprint density at radius 2 is 1.86 bits per heavy atom. The van der Waals surface area contributed by atoms with Crippen LogP contribution in [0.4, 0.5) is 0 Å². The standard InChI is InChI=1S/C18H29NO2/c1-14(2)17(20)12-13-19-18(21)7-5-4-6-16-10-8-15(3)9-11-16/h8-11,14,17,20H,4-7,12-13H2,1-3H3,(H,19,21). The van der Waals surface area contributed by atoms with Crippen LogP contribution in [0.15, 0.2) is 24.3 Å². The van der Waals surface area contributed by atoms with Gasteiger partial charge in [-0.2, -0.15) is 0 Å². The average molecular weight is 291 g/mol. The highest BCUT2D eigenvalue weighted by molar-refractivity contribution is 5.75. The van der Waals surface area contributed by atoms with Gasteiger partial charge in [0.25, 0.3) is 0 Å². The number of aliphatic hydroxyl groups excluding tert-OH is 1. The molecule has 0 aliphatic carbocycles. The maximum Gasteiger partial charge on any atom is 0.219 e. The smallest absolute Gasteiger partial charge is 0.219 e. The van der Waals surface area contributed by atoms with Gasteiger partial charge < -0.3 is 10.4 Å². The normalized spacial score (nSPS) is 12.4. The molecule has 0 aromatic heterocycles. The van der Waals surface area contributed by atoms with Crippen LogP contribution in [-0.2, 0) is 11.2 Å². The molecule has 0 aliphatic heterocycles. The van der Waals surface area contributed by atoms with E-state index in [4.69, 9.17) is 0 Å². The van der Waals surface area contributed by atoms with E-state index in [-0.39, 0.29) is 17.9 Å². The van der Waals surface area contributed by atoms with Crippen LogP contribution in [0, 0.1) is 12.8 Å². The van der Waals surface area contributed by atoms with E-state index in [0.717, 1.165) is 19.3 Å². The fourth-order valence-electron chi connectivity index (χ4n) is 2.15. The Balaban J connectivity index is 2.07.